The summed E-state index contributed by atoms with van der Waals surface area (Å²) in [4.78, 5) is 0. The second-order valence-corrected chi connectivity index (χ2v) is 4.23. The monoisotopic (exact) mass is 241 g/mol. The highest BCUT2D eigenvalue weighted by molar-refractivity contribution is 5.62. The van der Waals surface area contributed by atoms with Crippen molar-refractivity contribution in [2.24, 2.45) is 0 Å². The van der Waals surface area contributed by atoms with Crippen LogP contribution in [0.25, 0.3) is 0 Å². The van der Waals surface area contributed by atoms with Gasteiger partial charge in [-0.1, -0.05) is 0 Å². The van der Waals surface area contributed by atoms with Crippen molar-refractivity contribution in [2.75, 3.05) is 11.1 Å². The number of hydrogen-bond donors (Lipinski definition) is 2. The molecule has 0 aliphatic carbocycles. The number of nitrogens with two attached hydrogens (primary N) is 1. The van der Waals surface area contributed by atoms with Crippen LogP contribution in [0.5, 0.6) is 0 Å². The molecule has 2 rings (SSSR count). The van der Waals surface area contributed by atoms with Gasteiger partial charge in [0, 0.05) is 11.4 Å². The number of aryl methyl sites for hydroxylation is 1. The summed E-state index contributed by atoms with van der Waals surface area (Å²) in [5.41, 5.74) is 7.49. The second kappa shape index (κ2) is 4.84. The zero-order valence-corrected chi connectivity index (χ0v) is 10.4. The molecule has 1 aromatic heterocycles. The Morgan fingerprint density at radius 1 is 1.33 bits per heavy atom. The molecule has 4 heteroatoms. The molecule has 1 unspecified atom stereocenters. The smallest absolute Gasteiger partial charge is 0.126 e. The molecule has 1 atom stereocenters. The van der Waals surface area contributed by atoms with E-state index in [1.165, 1.54) is 0 Å². The minimum Gasteiger partial charge on any atom is -0.464 e. The fraction of sp³-hybridized carbons (Fsp3) is 0.214. The van der Waals surface area contributed by atoms with Crippen molar-refractivity contribution in [1.82, 2.24) is 0 Å². The van der Waals surface area contributed by atoms with E-state index < -0.39 is 0 Å². The maximum Gasteiger partial charge on any atom is 0.126 e. The Morgan fingerprint density at radius 3 is 2.72 bits per heavy atom. The van der Waals surface area contributed by atoms with Gasteiger partial charge in [-0.3, -0.25) is 0 Å². The number of nitrogens with zero attached hydrogens (tertiary/aromatic N) is 1. The number of benzene rings is 1. The lowest BCUT2D eigenvalue weighted by atomic mass is 10.1. The first-order valence-electron chi connectivity index (χ1n) is 5.72. The van der Waals surface area contributed by atoms with Crippen LogP contribution in [0.15, 0.2) is 34.7 Å². The summed E-state index contributed by atoms with van der Waals surface area (Å²) < 4.78 is 5.55. The first-order chi connectivity index (χ1) is 8.60. The van der Waals surface area contributed by atoms with Crippen LogP contribution < -0.4 is 11.1 Å². The fourth-order valence-electron chi connectivity index (χ4n) is 1.75. The molecule has 0 aliphatic heterocycles. The molecule has 3 N–H and O–H groups in total. The molecule has 0 amide bonds. The number of nitrogen functional groups attached to an aromatic ring is 1. The van der Waals surface area contributed by atoms with Crippen molar-refractivity contribution in [3.05, 3.63) is 47.4 Å². The van der Waals surface area contributed by atoms with Crippen molar-refractivity contribution in [2.45, 2.75) is 19.9 Å². The largest absolute Gasteiger partial charge is 0.464 e. The molecular formula is C14H15N3O. The van der Waals surface area contributed by atoms with Gasteiger partial charge < -0.3 is 15.5 Å². The van der Waals surface area contributed by atoms with E-state index in [4.69, 9.17) is 15.4 Å². The van der Waals surface area contributed by atoms with Crippen LogP contribution in [-0.2, 0) is 0 Å². The number of nitriles is 1. The average molecular weight is 241 g/mol. The van der Waals surface area contributed by atoms with Crippen molar-refractivity contribution in [1.29, 1.82) is 5.26 Å². The van der Waals surface area contributed by atoms with Crippen LogP contribution in [0, 0.1) is 18.3 Å². The third-order valence-corrected chi connectivity index (χ3v) is 2.74. The third kappa shape index (κ3) is 2.46. The van der Waals surface area contributed by atoms with Gasteiger partial charge in [0.15, 0.2) is 0 Å². The lowest BCUT2D eigenvalue weighted by molar-refractivity contribution is 0.467. The number of nitrogens with one attached hydrogen (secondary N) is 1. The second-order valence-electron chi connectivity index (χ2n) is 4.23. The number of rotatable bonds is 3. The molecular weight excluding hydrogens is 226 g/mol. The van der Waals surface area contributed by atoms with E-state index in [-0.39, 0.29) is 6.04 Å². The Labute approximate surface area is 106 Å². The van der Waals surface area contributed by atoms with E-state index in [0.29, 0.717) is 11.3 Å². The lowest BCUT2D eigenvalue weighted by Crippen LogP contribution is -2.06. The first-order valence-corrected chi connectivity index (χ1v) is 5.72. The summed E-state index contributed by atoms with van der Waals surface area (Å²) in [6.45, 7) is 3.91. The van der Waals surface area contributed by atoms with Crippen LogP contribution in [0.2, 0.25) is 0 Å². The van der Waals surface area contributed by atoms with Crippen LogP contribution >= 0.6 is 0 Å². The van der Waals surface area contributed by atoms with E-state index in [0.717, 1.165) is 17.2 Å². The standard InChI is InChI=1S/C14H15N3O/c1-9-3-6-14(18-9)10(2)17-12-4-5-13(16)11(7-12)8-15/h3-7,10,17H,16H2,1-2H3. The van der Waals surface area contributed by atoms with Crippen LogP contribution in [-0.4, -0.2) is 0 Å². The maximum atomic E-state index is 8.92. The molecule has 1 aromatic carbocycles. The number of hydrogen-bond acceptors (Lipinski definition) is 4. The highest BCUT2D eigenvalue weighted by Gasteiger charge is 2.10. The summed E-state index contributed by atoms with van der Waals surface area (Å²) in [6, 6.07) is 11.3. The van der Waals surface area contributed by atoms with Gasteiger partial charge in [-0.25, -0.2) is 0 Å². The zero-order chi connectivity index (χ0) is 13.1. The molecule has 0 saturated carbocycles. The SMILES string of the molecule is Cc1ccc(C(C)Nc2ccc(N)c(C#N)c2)o1. The van der Waals surface area contributed by atoms with Gasteiger partial charge in [0.25, 0.3) is 0 Å². The minimum atomic E-state index is 0.0360. The van der Waals surface area contributed by atoms with E-state index in [9.17, 15) is 0 Å². The van der Waals surface area contributed by atoms with Crippen LogP contribution in [0.3, 0.4) is 0 Å². The Balaban J connectivity index is 2.17. The lowest BCUT2D eigenvalue weighted by Gasteiger charge is -2.13. The highest BCUT2D eigenvalue weighted by Crippen LogP contribution is 2.23. The first kappa shape index (κ1) is 12.1. The minimum absolute atomic E-state index is 0.0360. The molecule has 92 valence electrons. The Bertz CT molecular complexity index is 595. The van der Waals surface area contributed by atoms with Crippen LogP contribution in [0.1, 0.15) is 30.0 Å². The Hall–Kier alpha value is -2.41. The average Bonchev–Trinajstić information content (AvgIpc) is 2.78. The summed E-state index contributed by atoms with van der Waals surface area (Å²) in [7, 11) is 0. The van der Waals surface area contributed by atoms with Gasteiger partial charge in [-0.2, -0.15) is 5.26 Å². The molecule has 0 bridgehead atoms. The van der Waals surface area contributed by atoms with Crippen molar-refractivity contribution in [3.63, 3.8) is 0 Å². The van der Waals surface area contributed by atoms with Crippen molar-refractivity contribution in [3.8, 4) is 6.07 Å². The Morgan fingerprint density at radius 2 is 2.11 bits per heavy atom. The Kier molecular flexibility index (Phi) is 3.24. The molecule has 1 heterocycles. The molecule has 2 aromatic rings. The predicted octanol–water partition coefficient (Wildman–Crippen LogP) is 3.22. The van der Waals surface area contributed by atoms with Crippen molar-refractivity contribution < 1.29 is 4.42 Å². The zero-order valence-electron chi connectivity index (χ0n) is 10.4. The van der Waals surface area contributed by atoms with E-state index in [1.807, 2.05) is 32.0 Å². The molecule has 0 saturated heterocycles. The molecule has 0 spiro atoms. The third-order valence-electron chi connectivity index (χ3n) is 2.74. The molecule has 4 nitrogen and oxygen atoms in total. The van der Waals surface area contributed by atoms with Gasteiger partial charge in [0.05, 0.1) is 11.6 Å². The van der Waals surface area contributed by atoms with Gasteiger partial charge in [0.2, 0.25) is 0 Å². The quantitative estimate of drug-likeness (QED) is 0.809. The van der Waals surface area contributed by atoms with E-state index >= 15 is 0 Å². The maximum absolute atomic E-state index is 8.92. The predicted molar refractivity (Wildman–Crippen MR) is 71.1 cm³/mol. The van der Waals surface area contributed by atoms with Gasteiger partial charge in [0.1, 0.15) is 17.6 Å². The molecule has 18 heavy (non-hydrogen) atoms. The summed E-state index contributed by atoms with van der Waals surface area (Å²) in [6.07, 6.45) is 0. The normalized spacial score (nSPS) is 11.8. The molecule has 0 radical (unpaired) electrons. The number of anilines is 2. The topological polar surface area (TPSA) is 75.0 Å². The fourth-order valence-corrected chi connectivity index (χ4v) is 1.75. The molecule has 0 aliphatic rings. The van der Waals surface area contributed by atoms with Gasteiger partial charge >= 0.3 is 0 Å². The van der Waals surface area contributed by atoms with E-state index in [1.54, 1.807) is 12.1 Å². The summed E-state index contributed by atoms with van der Waals surface area (Å²) in [5, 5.41) is 12.2. The van der Waals surface area contributed by atoms with Gasteiger partial charge in [-0.05, 0) is 44.2 Å². The number of furan rings is 1. The highest BCUT2D eigenvalue weighted by atomic mass is 16.3. The summed E-state index contributed by atoms with van der Waals surface area (Å²) >= 11 is 0. The van der Waals surface area contributed by atoms with Gasteiger partial charge in [-0.15, -0.1) is 0 Å². The van der Waals surface area contributed by atoms with Crippen LogP contribution in [0.4, 0.5) is 11.4 Å². The molecule has 0 fully saturated rings. The van der Waals surface area contributed by atoms with Crippen molar-refractivity contribution >= 4 is 11.4 Å². The van der Waals surface area contributed by atoms with E-state index in [2.05, 4.69) is 11.4 Å². The summed E-state index contributed by atoms with van der Waals surface area (Å²) in [5.74, 6) is 1.75.